The first-order chi connectivity index (χ1) is 24.2. The highest BCUT2D eigenvalue weighted by molar-refractivity contribution is 7.84. The maximum atomic E-state index is 13.1. The van der Waals surface area contributed by atoms with Crippen molar-refractivity contribution < 1.29 is 40.8 Å². The van der Waals surface area contributed by atoms with Crippen molar-refractivity contribution in [2.45, 2.75) is 134 Å². The summed E-state index contributed by atoms with van der Waals surface area (Å²) >= 11 is 0. The number of carbonyl (C=O) groups excluding carboxylic acids is 1. The van der Waals surface area contributed by atoms with Gasteiger partial charge in [-0.15, -0.1) is 12.4 Å². The number of fused-ring (bicyclic) bond motifs is 5. The van der Waals surface area contributed by atoms with E-state index in [0.29, 0.717) is 54.7 Å². The van der Waals surface area contributed by atoms with Crippen molar-refractivity contribution in [3.8, 4) is 5.75 Å². The van der Waals surface area contributed by atoms with Crippen LogP contribution in [-0.4, -0.2) is 88.1 Å². The minimum absolute atomic E-state index is 0. The molecule has 0 radical (unpaired) electrons. The van der Waals surface area contributed by atoms with Crippen LogP contribution in [0.3, 0.4) is 0 Å². The molecule has 3 fully saturated rings. The van der Waals surface area contributed by atoms with Crippen LogP contribution >= 0.6 is 12.4 Å². The van der Waals surface area contributed by atoms with Crippen molar-refractivity contribution in [3.63, 3.8) is 0 Å². The Morgan fingerprint density at radius 3 is 2.37 bits per heavy atom. The summed E-state index contributed by atoms with van der Waals surface area (Å²) in [4.78, 5) is 17.1. The zero-order chi connectivity index (χ0) is 36.8. The van der Waals surface area contributed by atoms with E-state index >= 15 is 0 Å². The van der Waals surface area contributed by atoms with Crippen molar-refractivity contribution in [3.05, 3.63) is 29.3 Å². The maximum absolute atomic E-state index is 13.1. The summed E-state index contributed by atoms with van der Waals surface area (Å²) in [5.41, 5.74) is 2.68. The van der Waals surface area contributed by atoms with Crippen LogP contribution in [0.2, 0.25) is 0 Å². The lowest BCUT2D eigenvalue weighted by molar-refractivity contribution is -0.284. The smallest absolute Gasteiger partial charge is 0.410 e. The summed E-state index contributed by atoms with van der Waals surface area (Å²) in [5.74, 6) is -1.87. The number of likely N-dealkylation sites (N-methyl/N-ethyl adjacent to an activating group) is 1. The fourth-order valence-corrected chi connectivity index (χ4v) is 10.9. The van der Waals surface area contributed by atoms with E-state index in [1.165, 1.54) is 11.1 Å². The highest BCUT2D eigenvalue weighted by Crippen LogP contribution is 2.62. The third-order valence-corrected chi connectivity index (χ3v) is 14.2. The topological polar surface area (TPSA) is 70.1 Å². The molecule has 4 aliphatic rings. The third kappa shape index (κ3) is 10.6. The number of aliphatic hydroxyl groups excluding tert-OH is 1. The number of ether oxygens (including phenoxy) is 1. The molecule has 6 nitrogen and oxygen atoms in total. The Balaban J connectivity index is 0.00000605. The molecule has 52 heavy (non-hydrogen) atoms. The fraction of sp³-hybridized carbons (Fsp3) is 0.821. The van der Waals surface area contributed by atoms with E-state index < -0.39 is 35.7 Å². The molecule has 0 bridgehead atoms. The molecule has 1 heterocycles. The second-order valence-electron chi connectivity index (χ2n) is 16.2. The molecule has 1 saturated heterocycles. The number of alkyl halides is 5. The van der Waals surface area contributed by atoms with E-state index in [4.69, 9.17) is 4.74 Å². The first kappa shape index (κ1) is 43.2. The predicted molar refractivity (Wildman–Crippen MR) is 198 cm³/mol. The fourth-order valence-electron chi connectivity index (χ4n) is 9.73. The third-order valence-electron chi connectivity index (χ3n) is 12.7. The molecule has 7 atom stereocenters. The Morgan fingerprint density at radius 2 is 1.63 bits per heavy atom. The van der Waals surface area contributed by atoms with Crippen LogP contribution < -0.4 is 4.74 Å². The van der Waals surface area contributed by atoms with Gasteiger partial charge < -0.3 is 19.6 Å². The molecule has 0 spiro atoms. The van der Waals surface area contributed by atoms with Gasteiger partial charge in [-0.3, -0.25) is 4.21 Å². The number of nitrogens with zero attached hydrogens (tertiary/aromatic N) is 2. The van der Waals surface area contributed by atoms with Crippen LogP contribution in [0.15, 0.2) is 18.2 Å². The minimum Gasteiger partial charge on any atom is -0.410 e. The van der Waals surface area contributed by atoms with Crippen LogP contribution in [0.4, 0.5) is 26.7 Å². The summed E-state index contributed by atoms with van der Waals surface area (Å²) in [6, 6.07) is 6.30. The van der Waals surface area contributed by atoms with Gasteiger partial charge in [0.15, 0.2) is 0 Å². The largest absolute Gasteiger partial charge is 0.453 e. The van der Waals surface area contributed by atoms with Gasteiger partial charge in [0, 0.05) is 48.4 Å². The summed E-state index contributed by atoms with van der Waals surface area (Å²) in [7, 11) is 0.704. The zero-order valence-electron chi connectivity index (χ0n) is 30.9. The molecule has 7 unspecified atom stereocenters. The number of hydrogen-bond acceptors (Lipinski definition) is 5. The molecule has 1 amide bonds. The molecule has 1 aliphatic heterocycles. The van der Waals surface area contributed by atoms with Crippen LogP contribution in [0, 0.1) is 23.2 Å². The summed E-state index contributed by atoms with van der Waals surface area (Å²) in [6.45, 7) is 5.50. The second kappa shape index (κ2) is 18.9. The average Bonchev–Trinajstić information content (AvgIpc) is 3.21. The highest BCUT2D eigenvalue weighted by Gasteiger charge is 2.57. The molecule has 3 aliphatic carbocycles. The summed E-state index contributed by atoms with van der Waals surface area (Å²) < 4.78 is 81.1. The molecule has 1 aromatic rings. The Hall–Kier alpha value is -1.50. The first-order valence-corrected chi connectivity index (χ1v) is 20.9. The second-order valence-corrected chi connectivity index (χ2v) is 17.9. The highest BCUT2D eigenvalue weighted by atomic mass is 35.5. The van der Waals surface area contributed by atoms with Crippen LogP contribution in [0.1, 0.15) is 120 Å². The number of carbonyl (C=O) groups is 1. The van der Waals surface area contributed by atoms with E-state index in [1.54, 1.807) is 0 Å². The molecule has 0 aromatic heterocycles. The molecule has 1 N–H and O–H groups in total. The van der Waals surface area contributed by atoms with Gasteiger partial charge >= 0.3 is 18.2 Å². The number of rotatable bonds is 15. The SMILES string of the molecule is CN1CCCN(C(=O)Oc2ccc3c(c2)CC(CCCCCCCCCS(=O)CCCC(F)(F)C(F)(F)F)C2C3CCC3(C)C(O)CCC23)CC1.Cl. The summed E-state index contributed by atoms with van der Waals surface area (Å²) in [5, 5.41) is 11.0. The van der Waals surface area contributed by atoms with Crippen LogP contribution in [0.25, 0.3) is 0 Å². The van der Waals surface area contributed by atoms with Gasteiger partial charge in [0.2, 0.25) is 0 Å². The Morgan fingerprint density at radius 1 is 0.942 bits per heavy atom. The minimum atomic E-state index is -5.55. The van der Waals surface area contributed by atoms with Gasteiger partial charge in [-0.05, 0) is 124 Å². The molecule has 2 saturated carbocycles. The van der Waals surface area contributed by atoms with E-state index in [9.17, 15) is 36.1 Å². The van der Waals surface area contributed by atoms with Gasteiger partial charge in [0.1, 0.15) is 5.75 Å². The Kier molecular flexibility index (Phi) is 15.7. The van der Waals surface area contributed by atoms with Crippen molar-refractivity contribution >= 4 is 29.3 Å². The molecule has 5 rings (SSSR count). The van der Waals surface area contributed by atoms with E-state index in [2.05, 4.69) is 31.0 Å². The number of unbranched alkanes of at least 4 members (excludes halogenated alkanes) is 6. The van der Waals surface area contributed by atoms with Gasteiger partial charge in [0.25, 0.3) is 0 Å². The predicted octanol–water partition coefficient (Wildman–Crippen LogP) is 9.54. The number of benzene rings is 1. The lowest BCUT2D eigenvalue weighted by Gasteiger charge is -2.53. The normalized spacial score (nSPS) is 28.6. The van der Waals surface area contributed by atoms with Gasteiger partial charge in [-0.1, -0.05) is 51.5 Å². The van der Waals surface area contributed by atoms with Crippen molar-refractivity contribution in [2.75, 3.05) is 44.7 Å². The van der Waals surface area contributed by atoms with E-state index in [-0.39, 0.29) is 35.8 Å². The molecule has 298 valence electrons. The number of amides is 1. The molecule has 13 heteroatoms. The number of aliphatic hydroxyl groups is 1. The zero-order valence-corrected chi connectivity index (χ0v) is 32.6. The molecular formula is C39H60ClF5N2O4S. The summed E-state index contributed by atoms with van der Waals surface area (Å²) in [6.07, 6.45) is 6.25. The monoisotopic (exact) mass is 782 g/mol. The molecule has 1 aromatic carbocycles. The van der Waals surface area contributed by atoms with Crippen molar-refractivity contribution in [1.82, 2.24) is 9.80 Å². The van der Waals surface area contributed by atoms with Crippen LogP contribution in [0.5, 0.6) is 5.75 Å². The Labute approximate surface area is 315 Å². The maximum Gasteiger partial charge on any atom is 0.453 e. The first-order valence-electron chi connectivity index (χ1n) is 19.5. The van der Waals surface area contributed by atoms with Gasteiger partial charge in [-0.25, -0.2) is 4.79 Å². The molecular weight excluding hydrogens is 723 g/mol. The number of hydrogen-bond donors (Lipinski definition) is 1. The van der Waals surface area contributed by atoms with Crippen molar-refractivity contribution in [2.24, 2.45) is 23.2 Å². The van der Waals surface area contributed by atoms with E-state index in [1.807, 2.05) is 11.0 Å². The van der Waals surface area contributed by atoms with Crippen LogP contribution in [-0.2, 0) is 17.2 Å². The van der Waals surface area contributed by atoms with Gasteiger partial charge in [-0.2, -0.15) is 22.0 Å². The van der Waals surface area contributed by atoms with Crippen molar-refractivity contribution in [1.29, 1.82) is 0 Å². The average molecular weight is 783 g/mol. The van der Waals surface area contributed by atoms with Gasteiger partial charge in [0.05, 0.1) is 6.10 Å². The Bertz CT molecular complexity index is 1340. The standard InChI is InChI=1S/C39H59F5N2O4S.ClH/c1-37-19-17-32-31-14-13-30(50-36(48)46-21-11-20-45(2)22-23-46)27-29(31)26-28(35(32)33(37)15-16-34(37)47)12-8-6-4-3-5-7-9-24-51(49)25-10-18-38(40,41)39(42,43)44;/h13-14,27-28,32-35,47H,3-12,15-26H2,1-2H3;1H. The quantitative estimate of drug-likeness (QED) is 0.142. The van der Waals surface area contributed by atoms with E-state index in [0.717, 1.165) is 96.6 Å². The number of halogens is 6. The lowest BCUT2D eigenvalue weighted by atomic mass is 9.52. The lowest BCUT2D eigenvalue weighted by Crippen LogP contribution is -2.47.